The molecule has 0 radical (unpaired) electrons. The highest BCUT2D eigenvalue weighted by atomic mass is 31.2. The summed E-state index contributed by atoms with van der Waals surface area (Å²) in [5.41, 5.74) is 1.45. The molecule has 1 N–H and O–H groups in total. The number of hydrogen-bond acceptors (Lipinski definition) is 6. The third kappa shape index (κ3) is 5.72. The smallest absolute Gasteiger partial charge is 0.457 e. The van der Waals surface area contributed by atoms with Crippen LogP contribution < -0.4 is 23.8 Å². The molecular weight excluding hydrogens is 449 g/mol. The predicted octanol–water partition coefficient (Wildman–Crippen LogP) is 7.17. The van der Waals surface area contributed by atoms with Crippen molar-refractivity contribution in [3.8, 4) is 23.0 Å². The quantitative estimate of drug-likeness (QED) is 0.245. The molecule has 0 bridgehead atoms. The van der Waals surface area contributed by atoms with Crippen LogP contribution in [0.5, 0.6) is 23.0 Å². The van der Waals surface area contributed by atoms with E-state index in [1.807, 2.05) is 84.9 Å². The zero-order chi connectivity index (χ0) is 23.8. The molecule has 1 atom stereocenters. The second-order valence-electron chi connectivity index (χ2n) is 7.40. The molecule has 0 saturated heterocycles. The Bertz CT molecular complexity index is 1170. The van der Waals surface area contributed by atoms with Crippen LogP contribution in [0.15, 0.2) is 109 Å². The van der Waals surface area contributed by atoms with Crippen LogP contribution in [0.2, 0.25) is 0 Å². The lowest BCUT2D eigenvalue weighted by molar-refractivity contribution is 0.376. The zero-order valence-electron chi connectivity index (χ0n) is 19.0. The summed E-state index contributed by atoms with van der Waals surface area (Å²) < 4.78 is 37.4. The fourth-order valence-electron chi connectivity index (χ4n) is 3.36. The maximum absolute atomic E-state index is 14.6. The molecule has 0 fully saturated rings. The maximum Gasteiger partial charge on any atom is 0.457 e. The van der Waals surface area contributed by atoms with E-state index in [9.17, 15) is 4.57 Å². The SMILES string of the molecule is COc1ccc(N[C@@H](c2ccc(OC)cc2)P(=O)(Oc2ccccc2)Oc2ccccc2)cc1. The van der Waals surface area contributed by atoms with Gasteiger partial charge >= 0.3 is 7.60 Å². The van der Waals surface area contributed by atoms with Crippen LogP contribution in [0.1, 0.15) is 11.3 Å². The highest BCUT2D eigenvalue weighted by molar-refractivity contribution is 7.55. The molecule has 0 aliphatic carbocycles. The monoisotopic (exact) mass is 475 g/mol. The Hall–Kier alpha value is -3.89. The van der Waals surface area contributed by atoms with Gasteiger partial charge in [-0.1, -0.05) is 48.5 Å². The summed E-state index contributed by atoms with van der Waals surface area (Å²) in [4.78, 5) is 0. The van der Waals surface area contributed by atoms with Crippen LogP contribution in [0.3, 0.4) is 0 Å². The van der Waals surface area contributed by atoms with Gasteiger partial charge in [-0.15, -0.1) is 0 Å². The van der Waals surface area contributed by atoms with Gasteiger partial charge in [-0.05, 0) is 66.2 Å². The fourth-order valence-corrected chi connectivity index (χ4v) is 5.28. The highest BCUT2D eigenvalue weighted by Gasteiger charge is 2.41. The maximum atomic E-state index is 14.6. The van der Waals surface area contributed by atoms with E-state index in [4.69, 9.17) is 18.5 Å². The van der Waals surface area contributed by atoms with E-state index in [1.54, 1.807) is 38.5 Å². The zero-order valence-corrected chi connectivity index (χ0v) is 19.9. The van der Waals surface area contributed by atoms with Crippen molar-refractivity contribution in [1.82, 2.24) is 0 Å². The summed E-state index contributed by atoms with van der Waals surface area (Å²) in [5.74, 6) is 1.46. The third-order valence-electron chi connectivity index (χ3n) is 5.09. The number of ether oxygens (including phenoxy) is 2. The van der Waals surface area contributed by atoms with Crippen LogP contribution in [0, 0.1) is 0 Å². The Labute approximate surface area is 199 Å². The highest BCUT2D eigenvalue weighted by Crippen LogP contribution is 2.60. The summed E-state index contributed by atoms with van der Waals surface area (Å²) >= 11 is 0. The molecule has 0 unspecified atom stereocenters. The van der Waals surface area contributed by atoms with E-state index >= 15 is 0 Å². The van der Waals surface area contributed by atoms with Gasteiger partial charge in [0.05, 0.1) is 14.2 Å². The van der Waals surface area contributed by atoms with Crippen LogP contribution >= 0.6 is 7.60 Å². The van der Waals surface area contributed by atoms with E-state index in [2.05, 4.69) is 5.32 Å². The molecule has 4 aromatic rings. The van der Waals surface area contributed by atoms with Gasteiger partial charge in [0, 0.05) is 5.69 Å². The van der Waals surface area contributed by atoms with E-state index in [1.165, 1.54) is 0 Å². The van der Waals surface area contributed by atoms with Crippen molar-refractivity contribution < 1.29 is 23.1 Å². The number of para-hydroxylation sites is 2. The summed E-state index contributed by atoms with van der Waals surface area (Å²) in [6.45, 7) is 0. The van der Waals surface area contributed by atoms with Crippen molar-refractivity contribution in [2.75, 3.05) is 19.5 Å². The number of rotatable bonds is 10. The standard InChI is InChI=1S/C27H26NO5P/c1-30-23-17-13-21(14-18-23)27(28-22-15-19-24(31-2)20-16-22)34(29,32-25-9-5-3-6-10-25)33-26-11-7-4-8-12-26/h3-20,27-28H,1-2H3/t27-/m1/s1. The summed E-state index contributed by atoms with van der Waals surface area (Å²) in [5, 5.41) is 3.36. The van der Waals surface area contributed by atoms with Gasteiger partial charge < -0.3 is 23.8 Å². The van der Waals surface area contributed by atoms with Gasteiger partial charge in [-0.3, -0.25) is 0 Å². The summed E-state index contributed by atoms with van der Waals surface area (Å²) in [6.07, 6.45) is 0. The lowest BCUT2D eigenvalue weighted by Gasteiger charge is -2.29. The van der Waals surface area contributed by atoms with Gasteiger partial charge in [-0.2, -0.15) is 0 Å². The molecule has 174 valence electrons. The molecule has 7 heteroatoms. The van der Waals surface area contributed by atoms with E-state index in [-0.39, 0.29) is 0 Å². The molecule has 4 rings (SSSR count). The first-order valence-electron chi connectivity index (χ1n) is 10.7. The first-order chi connectivity index (χ1) is 16.6. The largest absolute Gasteiger partial charge is 0.497 e. The lowest BCUT2D eigenvalue weighted by atomic mass is 10.2. The molecule has 0 aliphatic rings. The molecule has 0 amide bonds. The fraction of sp³-hybridized carbons (Fsp3) is 0.111. The number of nitrogens with one attached hydrogen (secondary N) is 1. The first-order valence-corrected chi connectivity index (χ1v) is 12.3. The van der Waals surface area contributed by atoms with Gasteiger partial charge in [0.2, 0.25) is 0 Å². The predicted molar refractivity (Wildman–Crippen MR) is 134 cm³/mol. The third-order valence-corrected chi connectivity index (χ3v) is 7.08. The Morgan fingerprint density at radius 3 is 1.47 bits per heavy atom. The van der Waals surface area contributed by atoms with Crippen molar-refractivity contribution in [3.05, 3.63) is 115 Å². The van der Waals surface area contributed by atoms with Crippen molar-refractivity contribution in [3.63, 3.8) is 0 Å². The first kappa shape index (κ1) is 23.3. The van der Waals surface area contributed by atoms with E-state index < -0.39 is 13.4 Å². The van der Waals surface area contributed by atoms with Crippen LogP contribution in [0.25, 0.3) is 0 Å². The molecule has 0 aliphatic heterocycles. The molecule has 0 aromatic heterocycles. The van der Waals surface area contributed by atoms with Gasteiger partial charge in [0.25, 0.3) is 0 Å². The Balaban J connectivity index is 1.78. The second-order valence-corrected chi connectivity index (χ2v) is 9.36. The Morgan fingerprint density at radius 2 is 1.03 bits per heavy atom. The average molecular weight is 475 g/mol. The number of hydrogen-bond donors (Lipinski definition) is 1. The van der Waals surface area contributed by atoms with Crippen molar-refractivity contribution in [1.29, 1.82) is 0 Å². The second kappa shape index (κ2) is 10.8. The molecule has 0 heterocycles. The van der Waals surface area contributed by atoms with Gasteiger partial charge in [0.15, 0.2) is 5.78 Å². The molecule has 6 nitrogen and oxygen atoms in total. The molecule has 34 heavy (non-hydrogen) atoms. The van der Waals surface area contributed by atoms with Crippen molar-refractivity contribution >= 4 is 13.3 Å². The van der Waals surface area contributed by atoms with Crippen molar-refractivity contribution in [2.45, 2.75) is 5.78 Å². The average Bonchev–Trinajstić information content (AvgIpc) is 2.89. The number of anilines is 1. The van der Waals surface area contributed by atoms with Crippen LogP contribution in [-0.2, 0) is 4.57 Å². The number of methoxy groups -OCH3 is 2. The minimum absolute atomic E-state index is 0.441. The Morgan fingerprint density at radius 1 is 0.588 bits per heavy atom. The minimum Gasteiger partial charge on any atom is -0.497 e. The molecule has 4 aromatic carbocycles. The Kier molecular flexibility index (Phi) is 7.41. The lowest BCUT2D eigenvalue weighted by Crippen LogP contribution is -2.18. The normalized spacial score (nSPS) is 11.8. The van der Waals surface area contributed by atoms with E-state index in [0.717, 1.165) is 11.4 Å². The van der Waals surface area contributed by atoms with Gasteiger partial charge in [-0.25, -0.2) is 4.57 Å². The number of benzene rings is 4. The van der Waals surface area contributed by atoms with Crippen LogP contribution in [0.4, 0.5) is 5.69 Å². The summed E-state index contributed by atoms with van der Waals surface area (Å²) in [6, 6.07) is 32.7. The molecule has 0 spiro atoms. The van der Waals surface area contributed by atoms with Gasteiger partial charge in [0.1, 0.15) is 23.0 Å². The van der Waals surface area contributed by atoms with Crippen LogP contribution in [-0.4, -0.2) is 14.2 Å². The molecule has 0 saturated carbocycles. The molecular formula is C27H26NO5P. The minimum atomic E-state index is -3.89. The van der Waals surface area contributed by atoms with E-state index in [0.29, 0.717) is 22.8 Å². The topological polar surface area (TPSA) is 66.0 Å². The summed E-state index contributed by atoms with van der Waals surface area (Å²) in [7, 11) is -0.676. The van der Waals surface area contributed by atoms with Crippen molar-refractivity contribution in [2.24, 2.45) is 0 Å².